The molecule has 2 aliphatic rings. The Bertz CT molecular complexity index is 591. The topological polar surface area (TPSA) is 71.9 Å². The SMILES string of the molecule is O=c1[nH]n(C2CCCC2)c2c1CCS(=O)(=O)C2. The van der Waals surface area contributed by atoms with Gasteiger partial charge in [0.15, 0.2) is 9.84 Å². The molecule has 1 aliphatic carbocycles. The first-order valence-corrected chi connectivity index (χ1v) is 7.92. The van der Waals surface area contributed by atoms with E-state index in [1.165, 1.54) is 0 Å². The number of nitrogens with one attached hydrogen (secondary N) is 1. The second-order valence-electron chi connectivity index (χ2n) is 5.02. The fourth-order valence-electron chi connectivity index (χ4n) is 2.95. The molecule has 1 aromatic heterocycles. The number of fused-ring (bicyclic) bond motifs is 1. The molecule has 94 valence electrons. The molecule has 17 heavy (non-hydrogen) atoms. The van der Waals surface area contributed by atoms with E-state index in [-0.39, 0.29) is 17.1 Å². The Kier molecular flexibility index (Phi) is 2.43. The molecule has 6 heteroatoms. The summed E-state index contributed by atoms with van der Waals surface area (Å²) in [6.45, 7) is 0. The van der Waals surface area contributed by atoms with Gasteiger partial charge < -0.3 is 0 Å². The van der Waals surface area contributed by atoms with Gasteiger partial charge >= 0.3 is 0 Å². The average Bonchev–Trinajstić information content (AvgIpc) is 2.85. The van der Waals surface area contributed by atoms with E-state index in [0.29, 0.717) is 23.7 Å². The molecule has 2 heterocycles. The lowest BCUT2D eigenvalue weighted by molar-refractivity contribution is 0.450. The highest BCUT2D eigenvalue weighted by molar-refractivity contribution is 7.90. The zero-order valence-electron chi connectivity index (χ0n) is 9.61. The summed E-state index contributed by atoms with van der Waals surface area (Å²) in [7, 11) is -3.01. The van der Waals surface area contributed by atoms with Crippen LogP contribution in [0.2, 0.25) is 0 Å². The van der Waals surface area contributed by atoms with Crippen LogP contribution in [0.15, 0.2) is 4.79 Å². The highest BCUT2D eigenvalue weighted by atomic mass is 32.2. The maximum Gasteiger partial charge on any atom is 0.267 e. The summed E-state index contributed by atoms with van der Waals surface area (Å²) in [4.78, 5) is 11.8. The maximum absolute atomic E-state index is 11.8. The summed E-state index contributed by atoms with van der Waals surface area (Å²) in [5.74, 6) is 0.134. The van der Waals surface area contributed by atoms with Crippen molar-refractivity contribution in [3.63, 3.8) is 0 Å². The molecule has 0 aromatic carbocycles. The predicted octanol–water partition coefficient (Wildman–Crippen LogP) is 0.762. The summed E-state index contributed by atoms with van der Waals surface area (Å²) in [5, 5.41) is 2.83. The Hall–Kier alpha value is -1.04. The van der Waals surface area contributed by atoms with E-state index >= 15 is 0 Å². The predicted molar refractivity (Wildman–Crippen MR) is 63.8 cm³/mol. The van der Waals surface area contributed by atoms with Crippen molar-refractivity contribution in [1.29, 1.82) is 0 Å². The smallest absolute Gasteiger partial charge is 0.267 e. The monoisotopic (exact) mass is 256 g/mol. The Morgan fingerprint density at radius 1 is 1.24 bits per heavy atom. The van der Waals surface area contributed by atoms with Gasteiger partial charge in [0.25, 0.3) is 5.56 Å². The highest BCUT2D eigenvalue weighted by Crippen LogP contribution is 2.31. The van der Waals surface area contributed by atoms with E-state index in [4.69, 9.17) is 0 Å². The highest BCUT2D eigenvalue weighted by Gasteiger charge is 2.30. The van der Waals surface area contributed by atoms with Crippen molar-refractivity contribution in [3.8, 4) is 0 Å². The van der Waals surface area contributed by atoms with Crippen molar-refractivity contribution < 1.29 is 8.42 Å². The van der Waals surface area contributed by atoms with Crippen LogP contribution in [0.4, 0.5) is 0 Å². The quantitative estimate of drug-likeness (QED) is 0.806. The van der Waals surface area contributed by atoms with Gasteiger partial charge in [-0.25, -0.2) is 8.42 Å². The van der Waals surface area contributed by atoms with Crippen molar-refractivity contribution >= 4 is 9.84 Å². The van der Waals surface area contributed by atoms with E-state index in [9.17, 15) is 13.2 Å². The van der Waals surface area contributed by atoms with Gasteiger partial charge in [0, 0.05) is 5.56 Å². The molecule has 0 bridgehead atoms. The summed E-state index contributed by atoms with van der Waals surface area (Å²) in [6.07, 6.45) is 4.76. The van der Waals surface area contributed by atoms with Crippen molar-refractivity contribution in [1.82, 2.24) is 9.78 Å². The molecule has 0 radical (unpaired) electrons. The largest absolute Gasteiger partial charge is 0.285 e. The standard InChI is InChI=1S/C11H16N2O3S/c14-11-9-5-6-17(15,16)7-10(9)13(12-11)8-3-1-2-4-8/h8H,1-7H2,(H,12,14). The molecular weight excluding hydrogens is 240 g/mol. The van der Waals surface area contributed by atoms with Gasteiger partial charge in [-0.15, -0.1) is 0 Å². The third-order valence-corrected chi connectivity index (χ3v) is 5.38. The third kappa shape index (κ3) is 1.84. The minimum atomic E-state index is -3.01. The number of hydrogen-bond acceptors (Lipinski definition) is 3. The molecule has 1 aliphatic heterocycles. The first-order valence-electron chi connectivity index (χ1n) is 6.09. The van der Waals surface area contributed by atoms with E-state index in [2.05, 4.69) is 5.10 Å². The normalized spacial score (nSPS) is 23.8. The van der Waals surface area contributed by atoms with E-state index in [1.54, 1.807) is 0 Å². The Balaban J connectivity index is 2.09. The second-order valence-corrected chi connectivity index (χ2v) is 7.20. The van der Waals surface area contributed by atoms with Crippen LogP contribution in [0.3, 0.4) is 0 Å². The number of aromatic amines is 1. The number of aromatic nitrogens is 2. The van der Waals surface area contributed by atoms with Crippen molar-refractivity contribution in [2.24, 2.45) is 0 Å². The van der Waals surface area contributed by atoms with E-state index in [1.807, 2.05) is 4.68 Å². The second kappa shape index (κ2) is 3.73. The molecule has 0 unspecified atom stereocenters. The van der Waals surface area contributed by atoms with Crippen molar-refractivity contribution in [2.45, 2.75) is 43.9 Å². The lowest BCUT2D eigenvalue weighted by Crippen LogP contribution is -2.23. The van der Waals surface area contributed by atoms with Gasteiger partial charge in [-0.3, -0.25) is 14.6 Å². The number of sulfone groups is 1. The molecule has 0 spiro atoms. The van der Waals surface area contributed by atoms with Crippen LogP contribution >= 0.6 is 0 Å². The summed E-state index contributed by atoms with van der Waals surface area (Å²) in [5.41, 5.74) is 1.31. The van der Waals surface area contributed by atoms with Crippen LogP contribution in [0.1, 0.15) is 43.0 Å². The zero-order chi connectivity index (χ0) is 12.0. The van der Waals surface area contributed by atoms with Crippen LogP contribution in [-0.2, 0) is 22.0 Å². The van der Waals surface area contributed by atoms with Crippen molar-refractivity contribution in [3.05, 3.63) is 21.6 Å². The summed E-state index contributed by atoms with van der Waals surface area (Å²) in [6, 6.07) is 0.291. The average molecular weight is 256 g/mol. The summed E-state index contributed by atoms with van der Waals surface area (Å²) < 4.78 is 25.2. The number of H-pyrrole nitrogens is 1. The van der Waals surface area contributed by atoms with Crippen LogP contribution in [0, 0.1) is 0 Å². The van der Waals surface area contributed by atoms with Crippen LogP contribution in [-0.4, -0.2) is 24.0 Å². The molecule has 1 aromatic rings. The van der Waals surface area contributed by atoms with E-state index in [0.717, 1.165) is 25.7 Å². The minimum Gasteiger partial charge on any atom is -0.285 e. The fourth-order valence-corrected chi connectivity index (χ4v) is 4.34. The molecule has 3 rings (SSSR count). The van der Waals surface area contributed by atoms with Crippen LogP contribution in [0.25, 0.3) is 0 Å². The lowest BCUT2D eigenvalue weighted by atomic mass is 10.2. The fraction of sp³-hybridized carbons (Fsp3) is 0.727. The van der Waals surface area contributed by atoms with Gasteiger partial charge in [-0.2, -0.15) is 0 Å². The van der Waals surface area contributed by atoms with Crippen LogP contribution < -0.4 is 5.56 Å². The number of nitrogens with zero attached hydrogens (tertiary/aromatic N) is 1. The Morgan fingerprint density at radius 2 is 1.94 bits per heavy atom. The third-order valence-electron chi connectivity index (χ3n) is 3.84. The molecule has 0 saturated heterocycles. The Labute approximate surface area is 99.7 Å². The molecule has 1 fully saturated rings. The molecule has 1 N–H and O–H groups in total. The van der Waals surface area contributed by atoms with Gasteiger partial charge in [-0.05, 0) is 19.3 Å². The first-order chi connectivity index (χ1) is 8.07. The molecule has 0 amide bonds. The van der Waals surface area contributed by atoms with Gasteiger partial charge in [0.2, 0.25) is 0 Å². The van der Waals surface area contributed by atoms with Gasteiger partial charge in [-0.1, -0.05) is 12.8 Å². The number of hydrogen-bond donors (Lipinski definition) is 1. The Morgan fingerprint density at radius 3 is 2.65 bits per heavy atom. The molecule has 1 saturated carbocycles. The van der Waals surface area contributed by atoms with Gasteiger partial charge in [0.05, 0.1) is 23.2 Å². The molecule has 5 nitrogen and oxygen atoms in total. The zero-order valence-corrected chi connectivity index (χ0v) is 10.4. The number of rotatable bonds is 1. The molecule has 0 atom stereocenters. The lowest BCUT2D eigenvalue weighted by Gasteiger charge is -2.18. The summed E-state index contributed by atoms with van der Waals surface area (Å²) >= 11 is 0. The van der Waals surface area contributed by atoms with E-state index < -0.39 is 9.84 Å². The first kappa shape index (κ1) is 11.1. The molecular formula is C11H16N2O3S. The van der Waals surface area contributed by atoms with Gasteiger partial charge in [0.1, 0.15) is 0 Å². The van der Waals surface area contributed by atoms with Crippen LogP contribution in [0.5, 0.6) is 0 Å². The maximum atomic E-state index is 11.8. The van der Waals surface area contributed by atoms with Crippen molar-refractivity contribution in [2.75, 3.05) is 5.75 Å². The minimum absolute atomic E-state index is 0.0254.